The van der Waals surface area contributed by atoms with Crippen LogP contribution < -0.4 is 5.32 Å². The molecule has 2 aromatic rings. The van der Waals surface area contributed by atoms with Crippen LogP contribution in [0.2, 0.25) is 0 Å². The van der Waals surface area contributed by atoms with Gasteiger partial charge in [-0.2, -0.15) is 0 Å². The molecule has 0 fully saturated rings. The molecule has 1 heterocycles. The van der Waals surface area contributed by atoms with E-state index in [0.29, 0.717) is 16.6 Å². The van der Waals surface area contributed by atoms with Gasteiger partial charge in [0.25, 0.3) is 0 Å². The molecule has 1 N–H and O–H groups in total. The number of nitrogens with one attached hydrogen (secondary N) is 1. The fourth-order valence-corrected chi connectivity index (χ4v) is 3.79. The van der Waals surface area contributed by atoms with E-state index in [9.17, 15) is 18.4 Å². The molecule has 5 nitrogen and oxygen atoms in total. The van der Waals surface area contributed by atoms with Crippen molar-refractivity contribution in [1.82, 2.24) is 4.98 Å². The zero-order valence-corrected chi connectivity index (χ0v) is 15.2. The summed E-state index contributed by atoms with van der Waals surface area (Å²) in [7, 11) is 0. The summed E-state index contributed by atoms with van der Waals surface area (Å²) in [6, 6.07) is 3.16. The number of thioether (sulfide) groups is 1. The molecule has 0 aliphatic rings. The molecule has 0 radical (unpaired) electrons. The third-order valence-electron chi connectivity index (χ3n) is 3.00. The van der Waals surface area contributed by atoms with E-state index in [1.54, 1.807) is 19.2 Å². The third kappa shape index (κ3) is 5.79. The van der Waals surface area contributed by atoms with Gasteiger partial charge >= 0.3 is 5.97 Å². The Morgan fingerprint density at radius 1 is 1.36 bits per heavy atom. The number of hydrogen-bond acceptors (Lipinski definition) is 6. The van der Waals surface area contributed by atoms with E-state index < -0.39 is 16.9 Å². The zero-order chi connectivity index (χ0) is 18.4. The van der Waals surface area contributed by atoms with Crippen LogP contribution in [0.25, 0.3) is 0 Å². The lowest BCUT2D eigenvalue weighted by molar-refractivity contribution is -0.142. The molecule has 0 aliphatic carbocycles. The van der Waals surface area contributed by atoms with Gasteiger partial charge in [0.1, 0.15) is 0 Å². The number of aromatic nitrogens is 1. The normalized spacial score (nSPS) is 11.8. The maximum atomic E-state index is 13.2. The molecule has 1 aromatic carbocycles. The van der Waals surface area contributed by atoms with Crippen molar-refractivity contribution in [3.05, 3.63) is 40.9 Å². The highest BCUT2D eigenvalue weighted by Gasteiger charge is 2.18. The fourth-order valence-electron chi connectivity index (χ4n) is 1.81. The Morgan fingerprint density at radius 3 is 2.80 bits per heavy atom. The van der Waals surface area contributed by atoms with Crippen molar-refractivity contribution < 1.29 is 23.1 Å². The van der Waals surface area contributed by atoms with Gasteiger partial charge in [0, 0.05) is 17.1 Å². The summed E-state index contributed by atoms with van der Waals surface area (Å²) in [6.45, 7) is 3.71. The van der Waals surface area contributed by atoms with Gasteiger partial charge in [0.05, 0.1) is 24.0 Å². The first-order valence-corrected chi connectivity index (χ1v) is 9.17. The molecule has 1 amide bonds. The first kappa shape index (κ1) is 19.3. The number of carbonyl (C=O) groups excluding carboxylic acids is 2. The SMILES string of the molecule is CCOC(=O)Cc1csc(S[C@@H](C)C(=O)Nc2ccc(F)c(F)c2)n1. The molecular formula is C16H16F2N2O3S2. The predicted molar refractivity (Wildman–Crippen MR) is 92.8 cm³/mol. The number of carbonyl (C=O) groups is 2. The van der Waals surface area contributed by atoms with Crippen LogP contribution in [-0.2, 0) is 20.7 Å². The van der Waals surface area contributed by atoms with Crippen LogP contribution in [0.5, 0.6) is 0 Å². The van der Waals surface area contributed by atoms with Crippen molar-refractivity contribution in [3.8, 4) is 0 Å². The van der Waals surface area contributed by atoms with Gasteiger partial charge in [-0.3, -0.25) is 9.59 Å². The molecule has 0 unspecified atom stereocenters. The lowest BCUT2D eigenvalue weighted by Crippen LogP contribution is -2.22. The van der Waals surface area contributed by atoms with Gasteiger partial charge in [-0.25, -0.2) is 13.8 Å². The molecule has 1 aromatic heterocycles. The highest BCUT2D eigenvalue weighted by atomic mass is 32.2. The quantitative estimate of drug-likeness (QED) is 0.581. The summed E-state index contributed by atoms with van der Waals surface area (Å²) < 4.78 is 31.5. The molecule has 134 valence electrons. The molecule has 0 saturated heterocycles. The molecule has 2 rings (SSSR count). The molecule has 0 spiro atoms. The molecular weight excluding hydrogens is 370 g/mol. The maximum absolute atomic E-state index is 13.2. The summed E-state index contributed by atoms with van der Waals surface area (Å²) >= 11 is 2.54. The first-order valence-electron chi connectivity index (χ1n) is 7.41. The Morgan fingerprint density at radius 2 is 2.12 bits per heavy atom. The van der Waals surface area contributed by atoms with Crippen LogP contribution in [0, 0.1) is 11.6 Å². The molecule has 0 bridgehead atoms. The lowest BCUT2D eigenvalue weighted by Gasteiger charge is -2.10. The number of esters is 1. The van der Waals surface area contributed by atoms with E-state index in [4.69, 9.17) is 4.74 Å². The minimum Gasteiger partial charge on any atom is -0.466 e. The smallest absolute Gasteiger partial charge is 0.311 e. The van der Waals surface area contributed by atoms with E-state index in [0.717, 1.165) is 12.1 Å². The monoisotopic (exact) mass is 386 g/mol. The highest BCUT2D eigenvalue weighted by Crippen LogP contribution is 2.28. The van der Waals surface area contributed by atoms with Gasteiger partial charge in [-0.1, -0.05) is 11.8 Å². The second kappa shape index (κ2) is 8.91. The van der Waals surface area contributed by atoms with Gasteiger partial charge in [0.15, 0.2) is 16.0 Å². The molecule has 25 heavy (non-hydrogen) atoms. The van der Waals surface area contributed by atoms with Crippen molar-refractivity contribution in [2.24, 2.45) is 0 Å². The standard InChI is InChI=1S/C16H16F2N2O3S2/c1-3-23-14(21)7-11-8-24-16(20-11)25-9(2)15(22)19-10-4-5-12(17)13(18)6-10/h4-6,8-9H,3,7H2,1-2H3,(H,19,22)/t9-/m0/s1. The van der Waals surface area contributed by atoms with Crippen molar-refractivity contribution in [1.29, 1.82) is 0 Å². The number of halogens is 2. The van der Waals surface area contributed by atoms with Gasteiger partial charge in [-0.15, -0.1) is 11.3 Å². The van der Waals surface area contributed by atoms with Crippen LogP contribution in [0.3, 0.4) is 0 Å². The lowest BCUT2D eigenvalue weighted by atomic mass is 10.3. The first-order chi connectivity index (χ1) is 11.9. The Hall–Kier alpha value is -2.00. The van der Waals surface area contributed by atoms with Crippen LogP contribution >= 0.6 is 23.1 Å². The average molecular weight is 386 g/mol. The van der Waals surface area contributed by atoms with E-state index in [2.05, 4.69) is 10.3 Å². The number of ether oxygens (including phenoxy) is 1. The van der Waals surface area contributed by atoms with Crippen LogP contribution in [0.1, 0.15) is 19.5 Å². The second-order valence-corrected chi connectivity index (χ2v) is 7.41. The Labute approximate surface area is 151 Å². The highest BCUT2D eigenvalue weighted by molar-refractivity contribution is 8.02. The van der Waals surface area contributed by atoms with E-state index in [1.165, 1.54) is 29.2 Å². The van der Waals surface area contributed by atoms with Crippen molar-refractivity contribution in [2.75, 3.05) is 11.9 Å². The van der Waals surface area contributed by atoms with E-state index in [-0.39, 0.29) is 24.0 Å². The number of benzene rings is 1. The summed E-state index contributed by atoms with van der Waals surface area (Å²) in [6.07, 6.45) is 0.0837. The van der Waals surface area contributed by atoms with Crippen LogP contribution in [0.15, 0.2) is 27.9 Å². The topological polar surface area (TPSA) is 68.3 Å². The summed E-state index contributed by atoms with van der Waals surface area (Å²) in [5.74, 6) is -2.72. The average Bonchev–Trinajstić information content (AvgIpc) is 2.98. The molecule has 0 saturated carbocycles. The Bertz CT molecular complexity index is 768. The number of anilines is 1. The van der Waals surface area contributed by atoms with Gasteiger partial charge < -0.3 is 10.1 Å². The van der Waals surface area contributed by atoms with Crippen molar-refractivity contribution in [2.45, 2.75) is 29.9 Å². The van der Waals surface area contributed by atoms with Crippen molar-refractivity contribution >= 4 is 40.7 Å². The van der Waals surface area contributed by atoms with Crippen molar-refractivity contribution in [3.63, 3.8) is 0 Å². The molecule has 9 heteroatoms. The largest absolute Gasteiger partial charge is 0.466 e. The number of rotatable bonds is 7. The second-order valence-electron chi connectivity index (χ2n) is 4.96. The number of amides is 1. The number of thiazole rings is 1. The summed E-state index contributed by atoms with van der Waals surface area (Å²) in [5.41, 5.74) is 0.762. The molecule has 1 atom stereocenters. The summed E-state index contributed by atoms with van der Waals surface area (Å²) in [5, 5.41) is 3.75. The maximum Gasteiger partial charge on any atom is 0.311 e. The summed E-state index contributed by atoms with van der Waals surface area (Å²) in [4.78, 5) is 27.8. The number of nitrogens with zero attached hydrogens (tertiary/aromatic N) is 1. The van der Waals surface area contributed by atoms with Gasteiger partial charge in [0.2, 0.25) is 5.91 Å². The number of hydrogen-bond donors (Lipinski definition) is 1. The minimum atomic E-state index is -1.03. The molecule has 0 aliphatic heterocycles. The van der Waals surface area contributed by atoms with Crippen LogP contribution in [0.4, 0.5) is 14.5 Å². The third-order valence-corrected chi connectivity index (χ3v) is 5.12. The van der Waals surface area contributed by atoms with E-state index in [1.807, 2.05) is 0 Å². The van der Waals surface area contributed by atoms with Crippen LogP contribution in [-0.4, -0.2) is 28.7 Å². The minimum absolute atomic E-state index is 0.0837. The Kier molecular flexibility index (Phi) is 6.89. The fraction of sp³-hybridized carbons (Fsp3) is 0.312. The predicted octanol–water partition coefficient (Wildman–Crippen LogP) is 3.65. The van der Waals surface area contributed by atoms with E-state index >= 15 is 0 Å². The Balaban J connectivity index is 1.91. The van der Waals surface area contributed by atoms with Gasteiger partial charge in [-0.05, 0) is 26.0 Å². The zero-order valence-electron chi connectivity index (χ0n) is 13.5.